The van der Waals surface area contributed by atoms with Crippen LogP contribution in [0.15, 0.2) is 34.8 Å². The van der Waals surface area contributed by atoms with Gasteiger partial charge in [-0.3, -0.25) is 14.6 Å². The van der Waals surface area contributed by atoms with Crippen LogP contribution in [0.5, 0.6) is 0 Å². The molecule has 110 valence electrons. The van der Waals surface area contributed by atoms with Gasteiger partial charge in [0.2, 0.25) is 5.91 Å². The van der Waals surface area contributed by atoms with Gasteiger partial charge in [-0.05, 0) is 31.5 Å². The zero-order valence-corrected chi connectivity index (χ0v) is 12.8. The van der Waals surface area contributed by atoms with Crippen LogP contribution in [0, 0.1) is 5.82 Å². The summed E-state index contributed by atoms with van der Waals surface area (Å²) in [6.07, 6.45) is 0. The summed E-state index contributed by atoms with van der Waals surface area (Å²) in [6.45, 7) is 4.61. The van der Waals surface area contributed by atoms with E-state index in [4.69, 9.17) is 0 Å². The number of nitrogens with one attached hydrogen (secondary N) is 1. The summed E-state index contributed by atoms with van der Waals surface area (Å²) in [4.78, 5) is 28.1. The Morgan fingerprint density at radius 1 is 1.24 bits per heavy atom. The Labute approximate surface area is 126 Å². The second kappa shape index (κ2) is 6.22. The van der Waals surface area contributed by atoms with Gasteiger partial charge in [0.15, 0.2) is 11.3 Å². The smallest absolute Gasteiger partial charge is 0.219 e. The molecule has 0 saturated heterocycles. The minimum Gasteiger partial charge on any atom is -0.326 e. The molecule has 0 spiro atoms. The predicted octanol–water partition coefficient (Wildman–Crippen LogP) is 2.75. The number of rotatable bonds is 3. The van der Waals surface area contributed by atoms with Crippen LogP contribution in [0.4, 0.5) is 4.39 Å². The maximum Gasteiger partial charge on any atom is 0.219 e. The van der Waals surface area contributed by atoms with Crippen molar-refractivity contribution in [2.45, 2.75) is 26.3 Å². The predicted molar refractivity (Wildman–Crippen MR) is 82.3 cm³/mol. The number of aliphatic imine (C=N–C) groups is 1. The molecule has 6 heteroatoms. The molecule has 1 aromatic rings. The van der Waals surface area contributed by atoms with E-state index in [9.17, 15) is 14.0 Å². The average Bonchev–Trinajstić information content (AvgIpc) is 2.37. The number of benzene rings is 1. The molecule has 1 aliphatic heterocycles. The molecule has 0 aromatic heterocycles. The molecule has 1 atom stereocenters. The van der Waals surface area contributed by atoms with Gasteiger partial charge in [0.25, 0.3) is 0 Å². The molecule has 1 aromatic carbocycles. The van der Waals surface area contributed by atoms with Crippen LogP contribution in [-0.2, 0) is 9.59 Å². The zero-order chi connectivity index (χ0) is 15.6. The third kappa shape index (κ3) is 3.58. The van der Waals surface area contributed by atoms with Gasteiger partial charge >= 0.3 is 0 Å². The molecule has 4 nitrogen and oxygen atoms in total. The molecule has 0 aliphatic carbocycles. The average molecular weight is 306 g/mol. The third-order valence-corrected chi connectivity index (χ3v) is 4.04. The van der Waals surface area contributed by atoms with Crippen molar-refractivity contribution in [2.24, 2.45) is 4.99 Å². The van der Waals surface area contributed by atoms with Crippen molar-refractivity contribution >= 4 is 34.1 Å². The number of Topliss-reactive ketones (excluding diaryl/α,β-unsaturated/α-hetero) is 1. The van der Waals surface area contributed by atoms with E-state index in [2.05, 4.69) is 10.3 Å². The number of hydrogen-bond acceptors (Lipinski definition) is 4. The lowest BCUT2D eigenvalue weighted by Crippen LogP contribution is -2.32. The van der Waals surface area contributed by atoms with Crippen molar-refractivity contribution in [1.82, 2.24) is 5.32 Å². The first-order valence-electron chi connectivity index (χ1n) is 6.38. The first-order valence-corrected chi connectivity index (χ1v) is 7.26. The second-order valence-electron chi connectivity index (χ2n) is 4.65. The molecule has 0 fully saturated rings. The first-order chi connectivity index (χ1) is 9.88. The standard InChI is InChI=1S/C15H15FN2O2S/c1-8-13(9(2)19)14(11-4-6-12(16)7-5-11)21-15(17-8)18-10(3)20/h4-7,15H,1-3H3,(H,18,20). The first kappa shape index (κ1) is 15.4. The van der Waals surface area contributed by atoms with Gasteiger partial charge in [-0.1, -0.05) is 23.9 Å². The molecule has 0 saturated carbocycles. The van der Waals surface area contributed by atoms with Gasteiger partial charge in [0.1, 0.15) is 5.82 Å². The maximum absolute atomic E-state index is 13.1. The quantitative estimate of drug-likeness (QED) is 0.934. The Kier molecular flexibility index (Phi) is 4.57. The molecular weight excluding hydrogens is 291 g/mol. The molecule has 1 amide bonds. The van der Waals surface area contributed by atoms with Crippen LogP contribution in [0.2, 0.25) is 0 Å². The number of amides is 1. The zero-order valence-electron chi connectivity index (χ0n) is 11.9. The van der Waals surface area contributed by atoms with E-state index in [1.54, 1.807) is 19.1 Å². The fraction of sp³-hybridized carbons (Fsp3) is 0.267. The van der Waals surface area contributed by atoms with Crippen LogP contribution in [0.3, 0.4) is 0 Å². The van der Waals surface area contributed by atoms with Crippen LogP contribution in [-0.4, -0.2) is 22.9 Å². The van der Waals surface area contributed by atoms with Crippen molar-refractivity contribution < 1.29 is 14.0 Å². The molecule has 2 rings (SSSR count). The fourth-order valence-corrected chi connectivity index (χ4v) is 3.41. The number of halogens is 1. The van der Waals surface area contributed by atoms with Gasteiger partial charge in [0.05, 0.1) is 5.57 Å². The highest BCUT2D eigenvalue weighted by atomic mass is 32.2. The highest BCUT2D eigenvalue weighted by molar-refractivity contribution is 8.09. The summed E-state index contributed by atoms with van der Waals surface area (Å²) in [5, 5.41) is 2.70. The Morgan fingerprint density at radius 3 is 2.38 bits per heavy atom. The van der Waals surface area contributed by atoms with E-state index in [0.29, 0.717) is 16.2 Å². The van der Waals surface area contributed by atoms with Crippen molar-refractivity contribution in [3.63, 3.8) is 0 Å². The van der Waals surface area contributed by atoms with E-state index in [1.165, 1.54) is 37.7 Å². The highest BCUT2D eigenvalue weighted by Crippen LogP contribution is 2.38. The van der Waals surface area contributed by atoms with Crippen molar-refractivity contribution in [3.05, 3.63) is 41.2 Å². The minimum absolute atomic E-state index is 0.107. The molecule has 1 N–H and O–H groups in total. The van der Waals surface area contributed by atoms with E-state index in [0.717, 1.165) is 5.56 Å². The SMILES string of the molecule is CC(=O)NC1N=C(C)C(C(C)=O)=C(c2ccc(F)cc2)S1. The number of thioether (sulfide) groups is 1. The molecule has 0 radical (unpaired) electrons. The minimum atomic E-state index is -0.481. The normalized spacial score (nSPS) is 18.3. The third-order valence-electron chi connectivity index (χ3n) is 2.91. The summed E-state index contributed by atoms with van der Waals surface area (Å²) in [6, 6.07) is 5.92. The summed E-state index contributed by atoms with van der Waals surface area (Å²) in [5.41, 5.74) is 1.33. The number of carbonyl (C=O) groups is 2. The summed E-state index contributed by atoms with van der Waals surface area (Å²) in [5.74, 6) is -0.647. The summed E-state index contributed by atoms with van der Waals surface area (Å²) >= 11 is 1.28. The lowest BCUT2D eigenvalue weighted by Gasteiger charge is -2.24. The van der Waals surface area contributed by atoms with Crippen LogP contribution in [0.25, 0.3) is 4.91 Å². The number of carbonyl (C=O) groups excluding carboxylic acids is 2. The van der Waals surface area contributed by atoms with Crippen molar-refractivity contribution in [1.29, 1.82) is 0 Å². The molecular formula is C15H15FN2O2S. The monoisotopic (exact) mass is 306 g/mol. The fourth-order valence-electron chi connectivity index (χ4n) is 2.07. The van der Waals surface area contributed by atoms with E-state index in [1.807, 2.05) is 0 Å². The number of hydrogen-bond donors (Lipinski definition) is 1. The largest absolute Gasteiger partial charge is 0.326 e. The Hall–Kier alpha value is -1.95. The Morgan fingerprint density at radius 2 is 1.86 bits per heavy atom. The number of allylic oxidation sites excluding steroid dienone is 1. The highest BCUT2D eigenvalue weighted by Gasteiger charge is 2.26. The van der Waals surface area contributed by atoms with Crippen LogP contribution >= 0.6 is 11.8 Å². The topological polar surface area (TPSA) is 58.5 Å². The molecule has 1 unspecified atom stereocenters. The molecule has 1 aliphatic rings. The van der Waals surface area contributed by atoms with Gasteiger partial charge in [-0.25, -0.2) is 4.39 Å². The molecule has 1 heterocycles. The lowest BCUT2D eigenvalue weighted by atomic mass is 10.0. The summed E-state index contributed by atoms with van der Waals surface area (Å²) < 4.78 is 13.1. The van der Waals surface area contributed by atoms with Gasteiger partial charge in [-0.2, -0.15) is 0 Å². The van der Waals surface area contributed by atoms with Crippen molar-refractivity contribution in [2.75, 3.05) is 0 Å². The Balaban J connectivity index is 2.47. The van der Waals surface area contributed by atoms with Gasteiger partial charge < -0.3 is 5.32 Å². The number of nitrogens with zero attached hydrogens (tertiary/aromatic N) is 1. The van der Waals surface area contributed by atoms with Gasteiger partial charge in [-0.15, -0.1) is 0 Å². The molecule has 21 heavy (non-hydrogen) atoms. The lowest BCUT2D eigenvalue weighted by molar-refractivity contribution is -0.119. The van der Waals surface area contributed by atoms with E-state index < -0.39 is 5.50 Å². The number of ketones is 1. The van der Waals surface area contributed by atoms with E-state index in [-0.39, 0.29) is 17.5 Å². The second-order valence-corrected chi connectivity index (χ2v) is 5.74. The maximum atomic E-state index is 13.1. The Bertz CT molecular complexity index is 650. The van der Waals surface area contributed by atoms with Gasteiger partial charge in [0, 0.05) is 17.5 Å². The van der Waals surface area contributed by atoms with Crippen molar-refractivity contribution in [3.8, 4) is 0 Å². The van der Waals surface area contributed by atoms with Crippen LogP contribution in [0.1, 0.15) is 26.3 Å². The van der Waals surface area contributed by atoms with Crippen LogP contribution < -0.4 is 5.32 Å². The molecule has 0 bridgehead atoms. The van der Waals surface area contributed by atoms with E-state index >= 15 is 0 Å². The summed E-state index contributed by atoms with van der Waals surface area (Å²) in [7, 11) is 0.